The number of benzene rings is 3. The van der Waals surface area contributed by atoms with E-state index in [0.29, 0.717) is 35.8 Å². The van der Waals surface area contributed by atoms with E-state index in [-0.39, 0.29) is 24.5 Å². The molecule has 0 saturated heterocycles. The molecule has 8 nitrogen and oxygen atoms in total. The number of carbonyl (C=O) groups is 2. The Labute approximate surface area is 228 Å². The topological polar surface area (TPSA) is 94.1 Å². The second-order valence-corrected chi connectivity index (χ2v) is 10.1. The number of nitrogens with zero attached hydrogens (tertiary/aromatic N) is 2. The fourth-order valence-electron chi connectivity index (χ4n) is 4.61. The number of likely N-dealkylation sites (N-methyl/N-ethyl adjacent to an activating group) is 1. The van der Waals surface area contributed by atoms with Gasteiger partial charge in [0.15, 0.2) is 0 Å². The molecule has 0 fully saturated rings. The van der Waals surface area contributed by atoms with E-state index in [0.717, 1.165) is 6.54 Å². The van der Waals surface area contributed by atoms with Crippen molar-refractivity contribution in [1.29, 1.82) is 0 Å². The zero-order valence-electron chi connectivity index (χ0n) is 22.4. The average molecular weight is 535 g/mol. The van der Waals surface area contributed by atoms with E-state index in [2.05, 4.69) is 27.7 Å². The first-order chi connectivity index (χ1) is 18.7. The first-order valence-corrected chi connectivity index (χ1v) is 13.0. The highest BCUT2D eigenvalue weighted by Crippen LogP contribution is 2.31. The van der Waals surface area contributed by atoms with E-state index in [9.17, 15) is 19.1 Å². The Morgan fingerprint density at radius 2 is 1.77 bits per heavy atom. The Hall–Kier alpha value is -3.95. The summed E-state index contributed by atoms with van der Waals surface area (Å²) in [6, 6.07) is 19.6. The van der Waals surface area contributed by atoms with Crippen LogP contribution in [0.1, 0.15) is 29.8 Å². The maximum absolute atomic E-state index is 13.6. The standard InChI is InChI=1S/C30H35FN4O4/c1-20-16-35(21(2)19-36)29(37)26-15-25(33-30(38)32-24-11-9-23(31)10-12-24)13-14-27(26)39-28(20)18-34(3)17-22-7-5-4-6-8-22/h4-15,20-21,28,36H,16-19H2,1-3H3,(H2,32,33,38)/t20-,21-,28-/m1/s1. The zero-order valence-corrected chi connectivity index (χ0v) is 22.4. The lowest BCUT2D eigenvalue weighted by molar-refractivity contribution is 0.0341. The molecule has 1 aliphatic heterocycles. The number of halogens is 1. The minimum Gasteiger partial charge on any atom is -0.488 e. The van der Waals surface area contributed by atoms with Gasteiger partial charge in [-0.05, 0) is 62.0 Å². The van der Waals surface area contributed by atoms with Gasteiger partial charge in [0.05, 0.1) is 18.2 Å². The fourth-order valence-corrected chi connectivity index (χ4v) is 4.61. The van der Waals surface area contributed by atoms with Gasteiger partial charge in [-0.3, -0.25) is 9.69 Å². The average Bonchev–Trinajstić information content (AvgIpc) is 2.92. The summed E-state index contributed by atoms with van der Waals surface area (Å²) in [5.41, 5.74) is 2.32. The number of fused-ring (bicyclic) bond motifs is 1. The van der Waals surface area contributed by atoms with Crippen LogP contribution in [-0.4, -0.2) is 65.7 Å². The lowest BCUT2D eigenvalue weighted by Crippen LogP contribution is -2.49. The number of urea groups is 1. The first-order valence-electron chi connectivity index (χ1n) is 13.0. The molecule has 0 radical (unpaired) electrons. The molecule has 0 aromatic heterocycles. The molecular formula is C30H35FN4O4. The van der Waals surface area contributed by atoms with Gasteiger partial charge in [-0.15, -0.1) is 0 Å². The molecule has 1 aliphatic rings. The van der Waals surface area contributed by atoms with Gasteiger partial charge >= 0.3 is 6.03 Å². The highest BCUT2D eigenvalue weighted by atomic mass is 19.1. The molecule has 4 rings (SSSR count). The molecule has 3 amide bonds. The van der Waals surface area contributed by atoms with Crippen molar-refractivity contribution in [1.82, 2.24) is 9.80 Å². The van der Waals surface area contributed by atoms with Crippen LogP contribution in [0.3, 0.4) is 0 Å². The summed E-state index contributed by atoms with van der Waals surface area (Å²) in [7, 11) is 2.04. The number of ether oxygens (including phenoxy) is 1. The Balaban J connectivity index is 1.55. The second kappa shape index (κ2) is 12.7. The van der Waals surface area contributed by atoms with Crippen molar-refractivity contribution in [2.45, 2.75) is 32.5 Å². The monoisotopic (exact) mass is 534 g/mol. The zero-order chi connectivity index (χ0) is 27.9. The van der Waals surface area contributed by atoms with Gasteiger partial charge in [0.25, 0.3) is 5.91 Å². The Morgan fingerprint density at radius 3 is 2.46 bits per heavy atom. The number of carbonyl (C=O) groups excluding carboxylic acids is 2. The quantitative estimate of drug-likeness (QED) is 0.385. The van der Waals surface area contributed by atoms with E-state index in [4.69, 9.17) is 4.74 Å². The Kier molecular flexibility index (Phi) is 9.16. The van der Waals surface area contributed by atoms with E-state index in [1.165, 1.54) is 29.8 Å². The molecule has 0 saturated carbocycles. The molecular weight excluding hydrogens is 499 g/mol. The highest BCUT2D eigenvalue weighted by Gasteiger charge is 2.33. The number of amides is 3. The summed E-state index contributed by atoms with van der Waals surface area (Å²) in [5.74, 6) is -0.267. The molecule has 39 heavy (non-hydrogen) atoms. The minimum absolute atomic E-state index is 0.00591. The highest BCUT2D eigenvalue weighted by molar-refractivity contribution is 6.02. The molecule has 0 aliphatic carbocycles. The number of nitrogens with one attached hydrogen (secondary N) is 2. The Bertz CT molecular complexity index is 1270. The summed E-state index contributed by atoms with van der Waals surface area (Å²) in [6.07, 6.45) is -0.223. The predicted molar refractivity (Wildman–Crippen MR) is 149 cm³/mol. The molecule has 3 atom stereocenters. The number of hydrogen-bond acceptors (Lipinski definition) is 5. The summed E-state index contributed by atoms with van der Waals surface area (Å²) in [5, 5.41) is 15.2. The Morgan fingerprint density at radius 1 is 1.10 bits per heavy atom. The maximum Gasteiger partial charge on any atom is 0.323 e. The normalized spacial score (nSPS) is 18.0. The summed E-state index contributed by atoms with van der Waals surface area (Å²) in [6.45, 7) is 5.47. The van der Waals surface area contributed by atoms with Gasteiger partial charge < -0.3 is 25.4 Å². The molecule has 1 heterocycles. The second-order valence-electron chi connectivity index (χ2n) is 10.1. The maximum atomic E-state index is 13.6. The van der Waals surface area contributed by atoms with Gasteiger partial charge in [0.2, 0.25) is 0 Å². The van der Waals surface area contributed by atoms with Crippen LogP contribution in [0, 0.1) is 11.7 Å². The third kappa shape index (κ3) is 7.34. The van der Waals surface area contributed by atoms with Crippen molar-refractivity contribution in [3.8, 4) is 5.75 Å². The molecule has 0 bridgehead atoms. The van der Waals surface area contributed by atoms with E-state index in [1.807, 2.05) is 39.1 Å². The first kappa shape index (κ1) is 28.1. The number of aliphatic hydroxyl groups is 1. The third-order valence-electron chi connectivity index (χ3n) is 6.81. The van der Waals surface area contributed by atoms with Crippen LogP contribution in [0.25, 0.3) is 0 Å². The van der Waals surface area contributed by atoms with Crippen LogP contribution in [0.2, 0.25) is 0 Å². The lowest BCUT2D eigenvalue weighted by Gasteiger charge is -2.38. The number of hydrogen-bond donors (Lipinski definition) is 3. The molecule has 3 N–H and O–H groups in total. The van der Waals surface area contributed by atoms with Gasteiger partial charge in [-0.1, -0.05) is 37.3 Å². The van der Waals surface area contributed by atoms with Crippen LogP contribution in [0.4, 0.5) is 20.6 Å². The third-order valence-corrected chi connectivity index (χ3v) is 6.81. The van der Waals surface area contributed by atoms with Crippen LogP contribution < -0.4 is 15.4 Å². The number of rotatable bonds is 8. The predicted octanol–water partition coefficient (Wildman–Crippen LogP) is 4.82. The van der Waals surface area contributed by atoms with Crippen molar-refractivity contribution >= 4 is 23.3 Å². The molecule has 0 unspecified atom stereocenters. The van der Waals surface area contributed by atoms with Gasteiger partial charge in [-0.25, -0.2) is 9.18 Å². The van der Waals surface area contributed by atoms with Crippen LogP contribution in [0.15, 0.2) is 72.8 Å². The van der Waals surface area contributed by atoms with Crippen molar-refractivity contribution in [3.05, 3.63) is 89.7 Å². The SMILES string of the molecule is C[C@@H]1CN([C@H](C)CO)C(=O)c2cc(NC(=O)Nc3ccc(F)cc3)ccc2O[C@@H]1CN(C)Cc1ccccc1. The van der Waals surface area contributed by atoms with Crippen molar-refractivity contribution in [2.75, 3.05) is 37.4 Å². The molecule has 9 heteroatoms. The molecule has 3 aromatic rings. The van der Waals surface area contributed by atoms with Crippen molar-refractivity contribution < 1.29 is 23.8 Å². The van der Waals surface area contributed by atoms with Crippen LogP contribution in [-0.2, 0) is 6.54 Å². The smallest absolute Gasteiger partial charge is 0.323 e. The van der Waals surface area contributed by atoms with E-state index in [1.54, 1.807) is 23.1 Å². The van der Waals surface area contributed by atoms with E-state index >= 15 is 0 Å². The van der Waals surface area contributed by atoms with Gasteiger partial charge in [-0.2, -0.15) is 0 Å². The van der Waals surface area contributed by atoms with Gasteiger partial charge in [0.1, 0.15) is 17.7 Å². The molecule has 206 valence electrons. The van der Waals surface area contributed by atoms with Crippen LogP contribution >= 0.6 is 0 Å². The van der Waals surface area contributed by atoms with Crippen LogP contribution in [0.5, 0.6) is 5.75 Å². The number of anilines is 2. The number of aliphatic hydroxyl groups excluding tert-OH is 1. The summed E-state index contributed by atoms with van der Waals surface area (Å²) in [4.78, 5) is 30.0. The van der Waals surface area contributed by atoms with Crippen molar-refractivity contribution in [2.24, 2.45) is 5.92 Å². The molecule has 0 spiro atoms. The summed E-state index contributed by atoms with van der Waals surface area (Å²) >= 11 is 0. The lowest BCUT2D eigenvalue weighted by atomic mass is 9.99. The largest absolute Gasteiger partial charge is 0.488 e. The fraction of sp³-hybridized carbons (Fsp3) is 0.333. The molecule has 3 aromatic carbocycles. The van der Waals surface area contributed by atoms with Gasteiger partial charge in [0, 0.05) is 36.9 Å². The minimum atomic E-state index is -0.532. The summed E-state index contributed by atoms with van der Waals surface area (Å²) < 4.78 is 19.6. The van der Waals surface area contributed by atoms with Crippen molar-refractivity contribution in [3.63, 3.8) is 0 Å². The van der Waals surface area contributed by atoms with E-state index < -0.39 is 17.9 Å².